The van der Waals surface area contributed by atoms with Gasteiger partial charge < -0.3 is 13.3 Å². The molecule has 1 atom stereocenters. The van der Waals surface area contributed by atoms with E-state index in [1.165, 1.54) is 16.3 Å². The molecule has 0 saturated heterocycles. The van der Waals surface area contributed by atoms with Crippen molar-refractivity contribution in [3.8, 4) is 0 Å². The molecule has 3 nitrogen and oxygen atoms in total. The number of benzene rings is 2. The highest BCUT2D eigenvalue weighted by Gasteiger charge is 2.42. The molecule has 5 heteroatoms. The highest BCUT2D eigenvalue weighted by atomic mass is 127. The number of hydrogen-bond donors (Lipinski definition) is 0. The number of halogens is 1. The Morgan fingerprint density at radius 3 is 2.27 bits per heavy atom. The molecule has 22 heavy (non-hydrogen) atoms. The molecule has 0 aliphatic heterocycles. The van der Waals surface area contributed by atoms with Crippen LogP contribution in [-0.4, -0.2) is 26.1 Å². The minimum absolute atomic E-state index is 0.0531. The summed E-state index contributed by atoms with van der Waals surface area (Å²) in [5, 5.41) is 2.48. The van der Waals surface area contributed by atoms with E-state index >= 15 is 0 Å². The molecular weight excluding hydrogens is 407 g/mol. The van der Waals surface area contributed by atoms with Gasteiger partial charge in [-0.2, -0.15) is 0 Å². The molecule has 0 aliphatic rings. The second-order valence-electron chi connectivity index (χ2n) is 5.02. The highest BCUT2D eigenvalue weighted by molar-refractivity contribution is 14.1. The van der Waals surface area contributed by atoms with Crippen LogP contribution in [-0.2, 0) is 19.3 Å². The number of hydrogen-bond acceptors (Lipinski definition) is 3. The van der Waals surface area contributed by atoms with Gasteiger partial charge in [0.05, 0.1) is 4.11 Å². The van der Waals surface area contributed by atoms with Crippen molar-refractivity contribution in [3.05, 3.63) is 48.0 Å². The average Bonchev–Trinajstić information content (AvgIpc) is 2.47. The van der Waals surface area contributed by atoms with E-state index in [1.54, 1.807) is 0 Å². The Morgan fingerprint density at radius 1 is 1.00 bits per heavy atom. The first-order valence-electron chi connectivity index (χ1n) is 7.66. The van der Waals surface area contributed by atoms with Gasteiger partial charge in [0.25, 0.3) is 0 Å². The third-order valence-electron chi connectivity index (χ3n) is 3.36. The van der Waals surface area contributed by atoms with Crippen molar-refractivity contribution in [1.82, 2.24) is 0 Å². The van der Waals surface area contributed by atoms with Crippen molar-refractivity contribution in [3.63, 3.8) is 0 Å². The molecule has 2 aromatic carbocycles. The molecule has 0 fully saturated rings. The van der Waals surface area contributed by atoms with Gasteiger partial charge in [-0.1, -0.05) is 65.1 Å². The predicted octanol–water partition coefficient (Wildman–Crippen LogP) is 4.73. The lowest BCUT2D eigenvalue weighted by atomic mass is 10.1. The van der Waals surface area contributed by atoms with E-state index in [-0.39, 0.29) is 4.11 Å². The van der Waals surface area contributed by atoms with Gasteiger partial charge >= 0.3 is 8.80 Å². The second kappa shape index (κ2) is 8.40. The quantitative estimate of drug-likeness (QED) is 0.344. The van der Waals surface area contributed by atoms with E-state index in [9.17, 15) is 0 Å². The molecular formula is C17H23IO3Si. The molecule has 0 aromatic heterocycles. The lowest BCUT2D eigenvalue weighted by Crippen LogP contribution is -2.49. The minimum Gasteiger partial charge on any atom is -0.374 e. The smallest absolute Gasteiger partial charge is 0.374 e. The molecule has 0 heterocycles. The topological polar surface area (TPSA) is 27.7 Å². The van der Waals surface area contributed by atoms with Crippen LogP contribution in [0.2, 0.25) is 0 Å². The zero-order valence-electron chi connectivity index (χ0n) is 13.3. The molecule has 120 valence electrons. The average molecular weight is 430 g/mol. The highest BCUT2D eigenvalue weighted by Crippen LogP contribution is 2.26. The summed E-state index contributed by atoms with van der Waals surface area (Å²) >= 11 is 2.26. The maximum absolute atomic E-state index is 6.15. The summed E-state index contributed by atoms with van der Waals surface area (Å²) < 4.78 is 18.3. The Hall–Kier alpha value is -0.473. The monoisotopic (exact) mass is 430 g/mol. The summed E-state index contributed by atoms with van der Waals surface area (Å²) in [5.41, 5.74) is 1.23. The van der Waals surface area contributed by atoms with Gasteiger partial charge in [-0.05, 0) is 37.1 Å². The molecule has 2 aromatic rings. The van der Waals surface area contributed by atoms with Crippen molar-refractivity contribution in [2.45, 2.75) is 30.9 Å². The fourth-order valence-electron chi connectivity index (χ4n) is 2.62. The fraction of sp³-hybridized carbons (Fsp3) is 0.412. The Morgan fingerprint density at radius 2 is 1.64 bits per heavy atom. The first-order chi connectivity index (χ1) is 10.6. The third-order valence-corrected chi connectivity index (χ3v) is 7.07. The summed E-state index contributed by atoms with van der Waals surface area (Å²) in [7, 11) is -2.72. The van der Waals surface area contributed by atoms with Gasteiger partial charge in [0.1, 0.15) is 0 Å². The molecule has 2 rings (SSSR count). The van der Waals surface area contributed by atoms with Crippen LogP contribution in [0.15, 0.2) is 42.5 Å². The summed E-state index contributed by atoms with van der Waals surface area (Å²) in [4.78, 5) is 0. The number of rotatable bonds is 8. The van der Waals surface area contributed by atoms with Crippen LogP contribution in [0, 0.1) is 0 Å². The zero-order valence-corrected chi connectivity index (χ0v) is 16.5. The lowest BCUT2D eigenvalue weighted by molar-refractivity contribution is 0.0658. The van der Waals surface area contributed by atoms with E-state index < -0.39 is 8.80 Å². The van der Waals surface area contributed by atoms with Crippen LogP contribution in [0.3, 0.4) is 0 Å². The normalized spacial score (nSPS) is 13.5. The Labute approximate surface area is 147 Å². The number of fused-ring (bicyclic) bond motifs is 1. The first-order valence-corrected chi connectivity index (χ1v) is 10.8. The van der Waals surface area contributed by atoms with Crippen molar-refractivity contribution in [2.24, 2.45) is 0 Å². The van der Waals surface area contributed by atoms with Crippen molar-refractivity contribution >= 4 is 42.2 Å². The molecule has 0 bridgehead atoms. The van der Waals surface area contributed by atoms with Crippen LogP contribution >= 0.6 is 22.6 Å². The minimum atomic E-state index is -2.72. The zero-order chi connectivity index (χ0) is 16.0. The molecule has 0 saturated carbocycles. The van der Waals surface area contributed by atoms with Crippen LogP contribution < -0.4 is 0 Å². The van der Waals surface area contributed by atoms with E-state index in [0.29, 0.717) is 19.3 Å². The molecule has 1 unspecified atom stereocenters. The number of alkyl halides is 1. The summed E-state index contributed by atoms with van der Waals surface area (Å²) in [5.74, 6) is 0. The van der Waals surface area contributed by atoms with Gasteiger partial charge in [-0.3, -0.25) is 0 Å². The SMILES string of the molecule is CCO[Si](Cc1cccc2ccccc12)(OCC)OC(C)I. The molecule has 0 N–H and O–H groups in total. The summed E-state index contributed by atoms with van der Waals surface area (Å²) in [6.07, 6.45) is 0. The maximum Gasteiger partial charge on any atom is 0.506 e. The fourth-order valence-corrected chi connectivity index (χ4v) is 6.44. The Bertz CT molecular complexity index is 592. The van der Waals surface area contributed by atoms with E-state index in [2.05, 4.69) is 65.1 Å². The van der Waals surface area contributed by atoms with Crippen molar-refractivity contribution < 1.29 is 13.3 Å². The Kier molecular flexibility index (Phi) is 6.82. The first kappa shape index (κ1) is 17.9. The molecule has 0 spiro atoms. The Balaban J connectivity index is 2.39. The predicted molar refractivity (Wildman–Crippen MR) is 101 cm³/mol. The maximum atomic E-state index is 6.15. The van der Waals surface area contributed by atoms with Gasteiger partial charge in [0, 0.05) is 19.3 Å². The summed E-state index contributed by atoms with van der Waals surface area (Å²) in [6.45, 7) is 7.19. The van der Waals surface area contributed by atoms with Gasteiger partial charge in [-0.15, -0.1) is 0 Å². The lowest BCUT2D eigenvalue weighted by Gasteiger charge is -2.30. The van der Waals surface area contributed by atoms with Crippen molar-refractivity contribution in [1.29, 1.82) is 0 Å². The van der Waals surface area contributed by atoms with Gasteiger partial charge in [0.15, 0.2) is 0 Å². The second-order valence-corrected chi connectivity index (χ2v) is 9.31. The largest absolute Gasteiger partial charge is 0.506 e. The van der Waals surface area contributed by atoms with E-state index in [1.807, 2.05) is 20.8 Å². The molecule has 0 radical (unpaired) electrons. The van der Waals surface area contributed by atoms with E-state index in [0.717, 1.165) is 0 Å². The molecule has 0 amide bonds. The van der Waals surface area contributed by atoms with Crippen LogP contribution in [0.4, 0.5) is 0 Å². The van der Waals surface area contributed by atoms with Gasteiger partial charge in [0.2, 0.25) is 0 Å². The van der Waals surface area contributed by atoms with Gasteiger partial charge in [-0.25, -0.2) is 0 Å². The van der Waals surface area contributed by atoms with Crippen LogP contribution in [0.1, 0.15) is 26.3 Å². The van der Waals surface area contributed by atoms with Crippen molar-refractivity contribution in [2.75, 3.05) is 13.2 Å². The third kappa shape index (κ3) is 4.52. The molecule has 0 aliphatic carbocycles. The van der Waals surface area contributed by atoms with Crippen LogP contribution in [0.5, 0.6) is 0 Å². The standard InChI is InChI=1S/C17H23IO3Si/c1-4-19-22(20-5-2,21-14(3)18)13-16-11-8-10-15-9-6-7-12-17(15)16/h6-12,14H,4-5,13H2,1-3H3. The summed E-state index contributed by atoms with van der Waals surface area (Å²) in [6, 6.07) is 15.5. The van der Waals surface area contributed by atoms with E-state index in [4.69, 9.17) is 13.3 Å². The van der Waals surface area contributed by atoms with Crippen LogP contribution in [0.25, 0.3) is 10.8 Å².